The largest absolute Gasteiger partial charge is 0.416 e. The maximum Gasteiger partial charge on any atom is 0.416 e. The lowest BCUT2D eigenvalue weighted by molar-refractivity contribution is -0.137. The average Bonchev–Trinajstić information content (AvgIpc) is 2.76. The first-order valence-corrected chi connectivity index (χ1v) is 8.31. The highest BCUT2D eigenvalue weighted by atomic mass is 32.1. The molecule has 2 aromatic rings. The monoisotopic (exact) mass is 373 g/mol. The molecule has 0 spiro atoms. The van der Waals surface area contributed by atoms with Gasteiger partial charge in [-0.15, -0.1) is 0 Å². The van der Waals surface area contributed by atoms with E-state index in [2.05, 4.69) is 5.32 Å². The number of nitrogens with two attached hydrogens (primary N) is 1. The van der Waals surface area contributed by atoms with Gasteiger partial charge in [-0.1, -0.05) is 11.3 Å². The molecule has 25 heavy (non-hydrogen) atoms. The van der Waals surface area contributed by atoms with Crippen LogP contribution in [0.2, 0.25) is 0 Å². The third kappa shape index (κ3) is 4.70. The summed E-state index contributed by atoms with van der Waals surface area (Å²) in [7, 11) is 0. The van der Waals surface area contributed by atoms with Gasteiger partial charge in [0.2, 0.25) is 5.91 Å². The lowest BCUT2D eigenvalue weighted by Gasteiger charge is -2.13. The van der Waals surface area contributed by atoms with Crippen LogP contribution in [0.3, 0.4) is 0 Å². The predicted octanol–water partition coefficient (Wildman–Crippen LogP) is 3.03. The molecular formula is C16H18F3N3O2S. The van der Waals surface area contributed by atoms with E-state index in [9.17, 15) is 22.8 Å². The number of hydrogen-bond donors (Lipinski definition) is 2. The summed E-state index contributed by atoms with van der Waals surface area (Å²) < 4.78 is 40.2. The molecule has 1 aromatic heterocycles. The Balaban J connectivity index is 2.11. The van der Waals surface area contributed by atoms with Crippen LogP contribution in [-0.2, 0) is 24.1 Å². The number of amides is 1. The number of nitrogens with zero attached hydrogens (tertiary/aromatic N) is 1. The second-order valence-electron chi connectivity index (χ2n) is 5.58. The fourth-order valence-electron chi connectivity index (χ4n) is 2.33. The molecule has 136 valence electrons. The van der Waals surface area contributed by atoms with Crippen LogP contribution in [0.1, 0.15) is 28.1 Å². The molecule has 3 N–H and O–H groups in total. The van der Waals surface area contributed by atoms with Crippen LogP contribution < -0.4 is 15.9 Å². The third-order valence-electron chi connectivity index (χ3n) is 3.78. The number of rotatable bonds is 5. The second kappa shape index (κ2) is 7.40. The van der Waals surface area contributed by atoms with Gasteiger partial charge in [0.05, 0.1) is 5.56 Å². The molecule has 0 aliphatic carbocycles. The molecule has 0 saturated heterocycles. The average molecular weight is 373 g/mol. The summed E-state index contributed by atoms with van der Waals surface area (Å²) in [5.41, 5.74) is 5.63. The minimum atomic E-state index is -4.52. The first-order chi connectivity index (χ1) is 11.6. The number of anilines is 1. The molecule has 0 unspecified atom stereocenters. The molecule has 1 heterocycles. The number of benzene rings is 1. The summed E-state index contributed by atoms with van der Waals surface area (Å²) >= 11 is 1.10. The molecule has 0 bridgehead atoms. The van der Waals surface area contributed by atoms with Gasteiger partial charge in [0.25, 0.3) is 0 Å². The van der Waals surface area contributed by atoms with E-state index in [1.165, 1.54) is 10.6 Å². The van der Waals surface area contributed by atoms with E-state index in [4.69, 9.17) is 5.73 Å². The lowest BCUT2D eigenvalue weighted by Crippen LogP contribution is -2.20. The SMILES string of the molecule is Cc1sc(=O)n(CCC(=O)Nc2cc(CN)cc(C(F)(F)F)c2)c1C. The summed E-state index contributed by atoms with van der Waals surface area (Å²) in [6.07, 6.45) is -4.55. The molecule has 0 fully saturated rings. The number of carbonyl (C=O) groups excluding carboxylic acids is 1. The predicted molar refractivity (Wildman–Crippen MR) is 90.6 cm³/mol. The Bertz CT molecular complexity index is 840. The second-order valence-corrected chi connectivity index (χ2v) is 6.75. The van der Waals surface area contributed by atoms with Crippen molar-refractivity contribution in [3.63, 3.8) is 0 Å². The van der Waals surface area contributed by atoms with Crippen molar-refractivity contribution in [2.75, 3.05) is 5.32 Å². The summed E-state index contributed by atoms with van der Waals surface area (Å²) in [5, 5.41) is 2.44. The van der Waals surface area contributed by atoms with E-state index in [1.54, 1.807) is 6.92 Å². The van der Waals surface area contributed by atoms with Crippen LogP contribution in [0.15, 0.2) is 23.0 Å². The third-order valence-corrected chi connectivity index (χ3v) is 4.77. The Hall–Kier alpha value is -2.13. The molecule has 0 saturated carbocycles. The number of thiazole rings is 1. The summed E-state index contributed by atoms with van der Waals surface area (Å²) in [4.78, 5) is 24.5. The number of aromatic nitrogens is 1. The molecule has 5 nitrogen and oxygen atoms in total. The highest BCUT2D eigenvalue weighted by Crippen LogP contribution is 2.32. The van der Waals surface area contributed by atoms with Crippen LogP contribution in [0.4, 0.5) is 18.9 Å². The van der Waals surface area contributed by atoms with Crippen molar-refractivity contribution in [1.29, 1.82) is 0 Å². The van der Waals surface area contributed by atoms with Crippen molar-refractivity contribution in [2.24, 2.45) is 5.73 Å². The van der Waals surface area contributed by atoms with E-state index >= 15 is 0 Å². The van der Waals surface area contributed by atoms with Crippen LogP contribution in [0.5, 0.6) is 0 Å². The molecule has 0 aliphatic heterocycles. The van der Waals surface area contributed by atoms with E-state index in [0.717, 1.165) is 34.0 Å². The van der Waals surface area contributed by atoms with Crippen molar-refractivity contribution in [3.05, 3.63) is 49.6 Å². The number of aryl methyl sites for hydroxylation is 1. The normalized spacial score (nSPS) is 11.6. The lowest BCUT2D eigenvalue weighted by atomic mass is 10.1. The summed E-state index contributed by atoms with van der Waals surface area (Å²) in [6, 6.07) is 3.22. The number of alkyl halides is 3. The maximum absolute atomic E-state index is 12.9. The number of nitrogens with one attached hydrogen (secondary N) is 1. The Kier molecular flexibility index (Phi) is 5.69. The zero-order valence-electron chi connectivity index (χ0n) is 13.7. The zero-order valence-corrected chi connectivity index (χ0v) is 14.6. The fraction of sp³-hybridized carbons (Fsp3) is 0.375. The minimum Gasteiger partial charge on any atom is -0.326 e. The van der Waals surface area contributed by atoms with Gasteiger partial charge in [0.15, 0.2) is 0 Å². The molecule has 0 aliphatic rings. The highest BCUT2D eigenvalue weighted by Gasteiger charge is 2.31. The van der Waals surface area contributed by atoms with Gasteiger partial charge in [-0.25, -0.2) is 0 Å². The Labute approximate surface area is 146 Å². The fourth-order valence-corrected chi connectivity index (χ4v) is 3.19. The quantitative estimate of drug-likeness (QED) is 0.846. The van der Waals surface area contributed by atoms with Crippen molar-refractivity contribution in [1.82, 2.24) is 4.57 Å². The Morgan fingerprint density at radius 1 is 1.28 bits per heavy atom. The zero-order chi connectivity index (χ0) is 18.8. The number of hydrogen-bond acceptors (Lipinski definition) is 4. The first-order valence-electron chi connectivity index (χ1n) is 7.49. The molecule has 0 atom stereocenters. The van der Waals surface area contributed by atoms with Gasteiger partial charge in [-0.2, -0.15) is 13.2 Å². The van der Waals surface area contributed by atoms with Gasteiger partial charge >= 0.3 is 11.0 Å². The summed E-state index contributed by atoms with van der Waals surface area (Å²) in [6.45, 7) is 3.69. The van der Waals surface area contributed by atoms with E-state index in [-0.39, 0.29) is 35.6 Å². The Morgan fingerprint density at radius 2 is 1.96 bits per heavy atom. The molecular weight excluding hydrogens is 355 g/mol. The van der Waals surface area contributed by atoms with Gasteiger partial charge in [-0.05, 0) is 37.6 Å². The van der Waals surface area contributed by atoms with E-state index in [0.29, 0.717) is 0 Å². The standard InChI is InChI=1S/C16H18F3N3O2S/c1-9-10(2)25-15(24)22(9)4-3-14(23)21-13-6-11(8-20)5-12(7-13)16(17,18)19/h5-7H,3-4,8,20H2,1-2H3,(H,21,23). The first kappa shape index (κ1) is 19.2. The summed E-state index contributed by atoms with van der Waals surface area (Å²) in [5.74, 6) is -0.475. The van der Waals surface area contributed by atoms with Crippen molar-refractivity contribution in [2.45, 2.75) is 39.5 Å². The van der Waals surface area contributed by atoms with Crippen LogP contribution >= 0.6 is 11.3 Å². The van der Waals surface area contributed by atoms with Crippen LogP contribution in [0.25, 0.3) is 0 Å². The number of carbonyl (C=O) groups is 1. The van der Waals surface area contributed by atoms with Crippen LogP contribution in [0, 0.1) is 13.8 Å². The Morgan fingerprint density at radius 3 is 2.48 bits per heavy atom. The molecule has 9 heteroatoms. The smallest absolute Gasteiger partial charge is 0.326 e. The van der Waals surface area contributed by atoms with Gasteiger partial charge in [0, 0.05) is 35.8 Å². The minimum absolute atomic E-state index is 0.0227. The topological polar surface area (TPSA) is 77.1 Å². The maximum atomic E-state index is 12.9. The van der Waals surface area contributed by atoms with Crippen molar-refractivity contribution < 1.29 is 18.0 Å². The van der Waals surface area contributed by atoms with Crippen LogP contribution in [-0.4, -0.2) is 10.5 Å². The molecule has 1 amide bonds. The van der Waals surface area contributed by atoms with Crippen molar-refractivity contribution >= 4 is 22.9 Å². The molecule has 0 radical (unpaired) electrons. The van der Waals surface area contributed by atoms with E-state index < -0.39 is 17.6 Å². The van der Waals surface area contributed by atoms with Gasteiger partial charge in [0.1, 0.15) is 0 Å². The van der Waals surface area contributed by atoms with Gasteiger partial charge in [-0.3, -0.25) is 9.59 Å². The molecule has 2 rings (SSSR count). The molecule has 1 aromatic carbocycles. The highest BCUT2D eigenvalue weighted by molar-refractivity contribution is 7.09. The van der Waals surface area contributed by atoms with Gasteiger partial charge < -0.3 is 15.6 Å². The number of halogens is 3. The van der Waals surface area contributed by atoms with E-state index in [1.807, 2.05) is 6.92 Å². The van der Waals surface area contributed by atoms with Crippen molar-refractivity contribution in [3.8, 4) is 0 Å².